The smallest absolute Gasteiger partial charge is 0.310 e. The Kier molecular flexibility index (Phi) is 2.50. The largest absolute Gasteiger partial charge is 0.481 e. The van der Waals surface area contributed by atoms with E-state index in [4.69, 9.17) is 4.74 Å². The van der Waals surface area contributed by atoms with Crippen molar-refractivity contribution in [3.05, 3.63) is 12.2 Å². The fourth-order valence-corrected chi connectivity index (χ4v) is 3.85. The zero-order valence-corrected chi connectivity index (χ0v) is 10.6. The first-order chi connectivity index (χ1) is 8.50. The second-order valence-corrected chi connectivity index (χ2v) is 5.98. The molecule has 0 amide bonds. The van der Waals surface area contributed by atoms with Gasteiger partial charge < -0.3 is 9.84 Å². The first-order valence-electron chi connectivity index (χ1n) is 6.62. The van der Waals surface area contributed by atoms with Gasteiger partial charge in [0.05, 0.1) is 17.9 Å². The third kappa shape index (κ3) is 1.58. The van der Waals surface area contributed by atoms with Gasteiger partial charge in [-0.1, -0.05) is 12.2 Å². The molecule has 0 spiro atoms. The Hall–Kier alpha value is -1.32. The van der Waals surface area contributed by atoms with Crippen LogP contribution in [-0.4, -0.2) is 23.1 Å². The molecule has 98 valence electrons. The van der Waals surface area contributed by atoms with Crippen molar-refractivity contribution in [3.63, 3.8) is 0 Å². The van der Waals surface area contributed by atoms with E-state index in [-0.39, 0.29) is 23.9 Å². The van der Waals surface area contributed by atoms with E-state index in [1.807, 2.05) is 12.2 Å². The average molecular weight is 250 g/mol. The Bertz CT molecular complexity index is 426. The van der Waals surface area contributed by atoms with Crippen LogP contribution in [0.25, 0.3) is 0 Å². The molecule has 0 saturated heterocycles. The van der Waals surface area contributed by atoms with Crippen LogP contribution < -0.4 is 0 Å². The number of ether oxygens (including phenoxy) is 1. The molecular formula is C14H18O4. The van der Waals surface area contributed by atoms with Crippen molar-refractivity contribution in [2.24, 2.45) is 35.5 Å². The van der Waals surface area contributed by atoms with Crippen LogP contribution in [0, 0.1) is 35.5 Å². The molecule has 0 aromatic heterocycles. The molecule has 0 aromatic rings. The molecule has 2 saturated carbocycles. The number of carboxylic acid groups (broad SMARTS) is 1. The molecular weight excluding hydrogens is 232 g/mol. The minimum atomic E-state index is -0.856. The van der Waals surface area contributed by atoms with Gasteiger partial charge in [-0.2, -0.15) is 0 Å². The van der Waals surface area contributed by atoms with Gasteiger partial charge in [0.1, 0.15) is 0 Å². The van der Waals surface area contributed by atoms with E-state index in [1.165, 1.54) is 0 Å². The maximum atomic E-state index is 12.2. The Labute approximate surface area is 106 Å². The van der Waals surface area contributed by atoms with E-state index < -0.39 is 17.8 Å². The third-order valence-corrected chi connectivity index (χ3v) is 4.56. The number of carbonyl (C=O) groups excluding carboxylic acids is 1. The summed E-state index contributed by atoms with van der Waals surface area (Å²) in [5, 5.41) is 9.41. The summed E-state index contributed by atoms with van der Waals surface area (Å²) in [6.07, 6.45) is 4.94. The molecule has 4 rings (SSSR count). The standard InChI is InChI=1S/C14H18O4/c1-6(2)18-14(17)12-8-4-3-7(9-5-10(8)9)11(12)13(15)16/h3-4,6-12H,5H2,1-2H3,(H,15,16)/t7-,8-,9-,10+,11-,12+/m0/s1. The minimum Gasteiger partial charge on any atom is -0.481 e. The summed E-state index contributed by atoms with van der Waals surface area (Å²) in [5.41, 5.74) is 0. The quantitative estimate of drug-likeness (QED) is 0.611. The Morgan fingerprint density at radius 3 is 2.22 bits per heavy atom. The lowest BCUT2D eigenvalue weighted by molar-refractivity contribution is -0.167. The summed E-state index contributed by atoms with van der Waals surface area (Å²) in [4.78, 5) is 23.6. The molecule has 0 aliphatic heterocycles. The third-order valence-electron chi connectivity index (χ3n) is 4.56. The molecule has 2 bridgehead atoms. The van der Waals surface area contributed by atoms with Gasteiger partial charge in [-0.15, -0.1) is 0 Å². The molecule has 6 atom stereocenters. The van der Waals surface area contributed by atoms with Gasteiger partial charge in [0.15, 0.2) is 0 Å². The molecule has 4 nitrogen and oxygen atoms in total. The summed E-state index contributed by atoms with van der Waals surface area (Å²) in [5.74, 6) is -1.15. The lowest BCUT2D eigenvalue weighted by Gasteiger charge is -2.41. The highest BCUT2D eigenvalue weighted by Crippen LogP contribution is 2.63. The molecule has 0 unspecified atom stereocenters. The van der Waals surface area contributed by atoms with Gasteiger partial charge in [0.25, 0.3) is 0 Å². The van der Waals surface area contributed by atoms with E-state index in [0.29, 0.717) is 11.8 Å². The average Bonchev–Trinajstić information content (AvgIpc) is 3.07. The van der Waals surface area contributed by atoms with Crippen molar-refractivity contribution in [2.45, 2.75) is 26.4 Å². The molecule has 2 fully saturated rings. The number of aliphatic carboxylic acids is 1. The number of carbonyl (C=O) groups is 2. The lowest BCUT2D eigenvalue weighted by atomic mass is 9.62. The number of rotatable bonds is 3. The molecule has 1 N–H and O–H groups in total. The van der Waals surface area contributed by atoms with Crippen molar-refractivity contribution in [3.8, 4) is 0 Å². The highest BCUT2D eigenvalue weighted by Gasteiger charge is 2.63. The summed E-state index contributed by atoms with van der Waals surface area (Å²) in [6.45, 7) is 3.59. The Morgan fingerprint density at radius 1 is 1.17 bits per heavy atom. The monoisotopic (exact) mass is 250 g/mol. The van der Waals surface area contributed by atoms with E-state index in [9.17, 15) is 14.7 Å². The van der Waals surface area contributed by atoms with Crippen molar-refractivity contribution in [1.29, 1.82) is 0 Å². The van der Waals surface area contributed by atoms with Crippen molar-refractivity contribution in [1.82, 2.24) is 0 Å². The maximum Gasteiger partial charge on any atom is 0.310 e. The zero-order chi connectivity index (χ0) is 13.0. The fraction of sp³-hybridized carbons (Fsp3) is 0.714. The second kappa shape index (κ2) is 3.84. The van der Waals surface area contributed by atoms with Gasteiger partial charge in [0, 0.05) is 0 Å². The SMILES string of the molecule is CC(C)OC(=O)[C@@H]1[C@H]2C=C[C@@H]([C@@H]3C[C@H]23)[C@@H]1C(=O)O. The van der Waals surface area contributed by atoms with Crippen LogP contribution in [0.15, 0.2) is 12.2 Å². The lowest BCUT2D eigenvalue weighted by Crippen LogP contribution is -2.47. The van der Waals surface area contributed by atoms with Crippen LogP contribution in [0.1, 0.15) is 20.3 Å². The molecule has 18 heavy (non-hydrogen) atoms. The van der Waals surface area contributed by atoms with Gasteiger partial charge in [-0.25, -0.2) is 0 Å². The normalized spacial score (nSPS) is 43.7. The number of esters is 1. The van der Waals surface area contributed by atoms with Gasteiger partial charge in [-0.05, 0) is 43.9 Å². The van der Waals surface area contributed by atoms with Crippen LogP contribution in [0.4, 0.5) is 0 Å². The summed E-state index contributed by atoms with van der Waals surface area (Å²) in [6, 6.07) is 0. The number of allylic oxidation sites excluding steroid dienone is 2. The van der Waals surface area contributed by atoms with Crippen LogP contribution in [-0.2, 0) is 14.3 Å². The van der Waals surface area contributed by atoms with E-state index >= 15 is 0 Å². The fourth-order valence-electron chi connectivity index (χ4n) is 3.85. The number of hydrogen-bond acceptors (Lipinski definition) is 3. The molecule has 0 heterocycles. The van der Waals surface area contributed by atoms with Gasteiger partial charge in [0.2, 0.25) is 0 Å². The molecule has 0 aromatic carbocycles. The van der Waals surface area contributed by atoms with Crippen LogP contribution in [0.3, 0.4) is 0 Å². The Balaban J connectivity index is 1.89. The highest BCUT2D eigenvalue weighted by atomic mass is 16.5. The first kappa shape index (κ1) is 11.8. The Morgan fingerprint density at radius 2 is 1.72 bits per heavy atom. The molecule has 0 radical (unpaired) electrons. The highest BCUT2D eigenvalue weighted by molar-refractivity contribution is 5.83. The molecule has 4 aliphatic carbocycles. The minimum absolute atomic E-state index is 0.0298. The van der Waals surface area contributed by atoms with E-state index in [2.05, 4.69) is 0 Å². The number of carboxylic acids is 1. The van der Waals surface area contributed by atoms with E-state index in [0.717, 1.165) is 6.42 Å². The van der Waals surface area contributed by atoms with Crippen LogP contribution in [0.5, 0.6) is 0 Å². The number of fused-ring (bicyclic) bond motifs is 1. The summed E-state index contributed by atoms with van der Waals surface area (Å²) >= 11 is 0. The van der Waals surface area contributed by atoms with E-state index in [1.54, 1.807) is 13.8 Å². The first-order valence-corrected chi connectivity index (χ1v) is 6.62. The summed E-state index contributed by atoms with van der Waals surface area (Å²) < 4.78 is 5.25. The predicted molar refractivity (Wildman–Crippen MR) is 63.6 cm³/mol. The van der Waals surface area contributed by atoms with Crippen LogP contribution >= 0.6 is 0 Å². The predicted octanol–water partition coefficient (Wildman–Crippen LogP) is 1.71. The van der Waals surface area contributed by atoms with Gasteiger partial charge in [-0.3, -0.25) is 9.59 Å². The maximum absolute atomic E-state index is 12.2. The second-order valence-electron chi connectivity index (χ2n) is 5.98. The van der Waals surface area contributed by atoms with Crippen molar-refractivity contribution >= 4 is 11.9 Å². The number of hydrogen-bond donors (Lipinski definition) is 1. The summed E-state index contributed by atoms with van der Waals surface area (Å²) in [7, 11) is 0. The molecule has 4 aliphatic rings. The van der Waals surface area contributed by atoms with Crippen molar-refractivity contribution < 1.29 is 19.4 Å². The topological polar surface area (TPSA) is 63.6 Å². The zero-order valence-electron chi connectivity index (χ0n) is 10.6. The molecule has 4 heteroatoms. The van der Waals surface area contributed by atoms with Crippen LogP contribution in [0.2, 0.25) is 0 Å². The van der Waals surface area contributed by atoms with Gasteiger partial charge >= 0.3 is 11.9 Å². The van der Waals surface area contributed by atoms with Crippen molar-refractivity contribution in [2.75, 3.05) is 0 Å².